The third-order valence-corrected chi connectivity index (χ3v) is 4.73. The molecule has 2 aromatic rings. The van der Waals surface area contributed by atoms with Crippen LogP contribution in [0.2, 0.25) is 0 Å². The van der Waals surface area contributed by atoms with Crippen molar-refractivity contribution in [3.8, 4) is 17.6 Å². The second kappa shape index (κ2) is 6.48. The smallest absolute Gasteiger partial charge is 0.254 e. The van der Waals surface area contributed by atoms with Gasteiger partial charge in [0.05, 0.1) is 17.7 Å². The van der Waals surface area contributed by atoms with Crippen molar-refractivity contribution in [3.05, 3.63) is 59.2 Å². The Morgan fingerprint density at radius 3 is 2.60 bits per heavy atom. The van der Waals surface area contributed by atoms with Crippen LogP contribution in [0, 0.1) is 11.3 Å². The van der Waals surface area contributed by atoms with E-state index < -0.39 is 0 Å². The monoisotopic (exact) mass is 334 g/mol. The number of nitrogens with zero attached hydrogens (tertiary/aromatic N) is 2. The number of carbonyl (C=O) groups excluding carboxylic acids is 1. The maximum absolute atomic E-state index is 12.9. The Labute approximate surface area is 146 Å². The fraction of sp³-hybridized carbons (Fsp3) is 0.300. The number of carbonyl (C=O) groups is 1. The Bertz CT molecular complexity index is 839. The lowest BCUT2D eigenvalue weighted by atomic mass is 10.0. The molecule has 2 aliphatic heterocycles. The third-order valence-electron chi connectivity index (χ3n) is 4.73. The molecule has 0 aliphatic carbocycles. The highest BCUT2D eigenvalue weighted by atomic mass is 16.6. The van der Waals surface area contributed by atoms with E-state index in [1.807, 2.05) is 23.1 Å². The molecular formula is C20H18N2O3. The summed E-state index contributed by atoms with van der Waals surface area (Å²) in [7, 11) is 0. The van der Waals surface area contributed by atoms with E-state index in [1.165, 1.54) is 0 Å². The molecule has 0 bridgehead atoms. The zero-order chi connectivity index (χ0) is 17.2. The molecule has 4 rings (SSSR count). The number of hydrogen-bond acceptors (Lipinski definition) is 4. The van der Waals surface area contributed by atoms with Crippen molar-refractivity contribution in [1.82, 2.24) is 4.90 Å². The maximum Gasteiger partial charge on any atom is 0.254 e. The van der Waals surface area contributed by atoms with Crippen LogP contribution in [0.4, 0.5) is 0 Å². The first-order valence-corrected chi connectivity index (χ1v) is 8.47. The third kappa shape index (κ3) is 2.91. The first kappa shape index (κ1) is 15.5. The summed E-state index contributed by atoms with van der Waals surface area (Å²) in [4.78, 5) is 14.8. The quantitative estimate of drug-likeness (QED) is 0.845. The van der Waals surface area contributed by atoms with Crippen LogP contribution in [-0.4, -0.2) is 30.6 Å². The van der Waals surface area contributed by atoms with E-state index in [0.29, 0.717) is 24.3 Å². The molecule has 2 aromatic carbocycles. The van der Waals surface area contributed by atoms with Crippen molar-refractivity contribution in [2.45, 2.75) is 18.9 Å². The number of ether oxygens (including phenoxy) is 2. The zero-order valence-electron chi connectivity index (χ0n) is 13.8. The number of likely N-dealkylation sites (tertiary alicyclic amines) is 1. The van der Waals surface area contributed by atoms with E-state index in [2.05, 4.69) is 6.07 Å². The Kier molecular flexibility index (Phi) is 4.02. The van der Waals surface area contributed by atoms with Crippen LogP contribution in [-0.2, 0) is 0 Å². The minimum atomic E-state index is 0.00174. The summed E-state index contributed by atoms with van der Waals surface area (Å²) in [5, 5.41) is 8.90. The molecule has 126 valence electrons. The van der Waals surface area contributed by atoms with Crippen LogP contribution < -0.4 is 9.47 Å². The van der Waals surface area contributed by atoms with E-state index in [0.717, 1.165) is 36.4 Å². The molecule has 1 saturated heterocycles. The predicted octanol–water partition coefficient (Wildman–Crippen LogP) is 3.31. The highest BCUT2D eigenvalue weighted by Gasteiger charge is 2.31. The van der Waals surface area contributed by atoms with Crippen molar-refractivity contribution in [2.75, 3.05) is 19.8 Å². The van der Waals surface area contributed by atoms with E-state index in [4.69, 9.17) is 14.7 Å². The van der Waals surface area contributed by atoms with Gasteiger partial charge in [0.1, 0.15) is 13.2 Å². The highest BCUT2D eigenvalue weighted by Crippen LogP contribution is 2.38. The van der Waals surface area contributed by atoms with Crippen molar-refractivity contribution in [3.63, 3.8) is 0 Å². The van der Waals surface area contributed by atoms with Crippen molar-refractivity contribution >= 4 is 5.91 Å². The number of hydrogen-bond donors (Lipinski definition) is 0. The molecule has 2 heterocycles. The van der Waals surface area contributed by atoms with Crippen LogP contribution in [0.5, 0.6) is 11.5 Å². The summed E-state index contributed by atoms with van der Waals surface area (Å²) >= 11 is 0. The van der Waals surface area contributed by atoms with E-state index in [-0.39, 0.29) is 11.9 Å². The van der Waals surface area contributed by atoms with Gasteiger partial charge in [0, 0.05) is 12.1 Å². The number of fused-ring (bicyclic) bond motifs is 1. The second-order valence-electron chi connectivity index (χ2n) is 6.25. The molecule has 0 radical (unpaired) electrons. The average molecular weight is 334 g/mol. The first-order chi connectivity index (χ1) is 12.3. The van der Waals surface area contributed by atoms with Gasteiger partial charge in [-0.05, 0) is 54.8 Å². The molecule has 5 heteroatoms. The van der Waals surface area contributed by atoms with Gasteiger partial charge >= 0.3 is 0 Å². The molecule has 1 atom stereocenters. The van der Waals surface area contributed by atoms with Crippen LogP contribution >= 0.6 is 0 Å². The molecule has 1 amide bonds. The predicted molar refractivity (Wildman–Crippen MR) is 91.6 cm³/mol. The van der Waals surface area contributed by atoms with Crippen LogP contribution in [0.25, 0.3) is 0 Å². The summed E-state index contributed by atoms with van der Waals surface area (Å²) in [6.07, 6.45) is 1.91. The summed E-state index contributed by atoms with van der Waals surface area (Å²) in [6.45, 7) is 1.85. The Morgan fingerprint density at radius 1 is 1.08 bits per heavy atom. The van der Waals surface area contributed by atoms with Crippen molar-refractivity contribution < 1.29 is 14.3 Å². The van der Waals surface area contributed by atoms with Gasteiger partial charge in [0.2, 0.25) is 0 Å². The molecule has 5 nitrogen and oxygen atoms in total. The second-order valence-corrected chi connectivity index (χ2v) is 6.25. The SMILES string of the molecule is N#Cc1ccc(C(=O)N2CCC[C@@H]2c2ccc3c(c2)OCCO3)cc1. The molecule has 25 heavy (non-hydrogen) atoms. The minimum Gasteiger partial charge on any atom is -0.486 e. The summed E-state index contributed by atoms with van der Waals surface area (Å²) in [6, 6.07) is 14.9. The Balaban J connectivity index is 1.59. The van der Waals surface area contributed by atoms with Crippen molar-refractivity contribution in [1.29, 1.82) is 5.26 Å². The minimum absolute atomic E-state index is 0.00174. The van der Waals surface area contributed by atoms with E-state index in [1.54, 1.807) is 24.3 Å². The average Bonchev–Trinajstić information content (AvgIpc) is 3.17. The van der Waals surface area contributed by atoms with Crippen LogP contribution in [0.1, 0.15) is 40.4 Å². The highest BCUT2D eigenvalue weighted by molar-refractivity contribution is 5.94. The number of amides is 1. The van der Waals surface area contributed by atoms with Gasteiger partial charge in [-0.3, -0.25) is 4.79 Å². The first-order valence-electron chi connectivity index (χ1n) is 8.47. The van der Waals surface area contributed by atoms with Gasteiger partial charge in [-0.1, -0.05) is 6.07 Å². The molecule has 1 fully saturated rings. The molecule has 0 spiro atoms. The normalized spacial score (nSPS) is 18.7. The molecule has 0 unspecified atom stereocenters. The van der Waals surface area contributed by atoms with E-state index in [9.17, 15) is 4.79 Å². The van der Waals surface area contributed by atoms with Crippen LogP contribution in [0.15, 0.2) is 42.5 Å². The Hall–Kier alpha value is -3.00. The topological polar surface area (TPSA) is 62.6 Å². The fourth-order valence-corrected chi connectivity index (χ4v) is 3.48. The zero-order valence-corrected chi connectivity index (χ0v) is 13.8. The molecular weight excluding hydrogens is 316 g/mol. The summed E-state index contributed by atoms with van der Waals surface area (Å²) in [5.41, 5.74) is 2.24. The molecule has 2 aliphatic rings. The largest absolute Gasteiger partial charge is 0.486 e. The number of benzene rings is 2. The molecule has 0 saturated carbocycles. The lowest BCUT2D eigenvalue weighted by Gasteiger charge is -2.27. The van der Waals surface area contributed by atoms with Gasteiger partial charge in [-0.15, -0.1) is 0 Å². The van der Waals surface area contributed by atoms with Gasteiger partial charge in [-0.25, -0.2) is 0 Å². The lowest BCUT2D eigenvalue weighted by molar-refractivity contribution is 0.0735. The summed E-state index contributed by atoms with van der Waals surface area (Å²) in [5.74, 6) is 1.52. The summed E-state index contributed by atoms with van der Waals surface area (Å²) < 4.78 is 11.2. The lowest BCUT2D eigenvalue weighted by Crippen LogP contribution is -2.30. The number of rotatable bonds is 2. The molecule has 0 aromatic heterocycles. The fourth-order valence-electron chi connectivity index (χ4n) is 3.48. The van der Waals surface area contributed by atoms with E-state index >= 15 is 0 Å². The standard InChI is InChI=1S/C20H18N2O3/c21-13-14-3-5-15(6-4-14)20(23)22-9-1-2-17(22)16-7-8-18-19(12-16)25-11-10-24-18/h3-8,12,17H,1-2,9-11H2/t17-/m1/s1. The Morgan fingerprint density at radius 2 is 1.84 bits per heavy atom. The van der Waals surface area contributed by atoms with Gasteiger partial charge in [-0.2, -0.15) is 5.26 Å². The maximum atomic E-state index is 12.9. The van der Waals surface area contributed by atoms with Gasteiger partial charge < -0.3 is 14.4 Å². The van der Waals surface area contributed by atoms with Crippen molar-refractivity contribution in [2.24, 2.45) is 0 Å². The van der Waals surface area contributed by atoms with Crippen LogP contribution in [0.3, 0.4) is 0 Å². The van der Waals surface area contributed by atoms with Gasteiger partial charge in [0.25, 0.3) is 5.91 Å². The number of nitriles is 1. The van der Waals surface area contributed by atoms with Gasteiger partial charge in [0.15, 0.2) is 11.5 Å². The molecule has 0 N–H and O–H groups in total.